The summed E-state index contributed by atoms with van der Waals surface area (Å²) in [5, 5.41) is 0. The predicted molar refractivity (Wildman–Crippen MR) is 59.0 cm³/mol. The van der Waals surface area contributed by atoms with Gasteiger partial charge >= 0.3 is 5.97 Å². The average molecular weight is 228 g/mol. The fourth-order valence-corrected chi connectivity index (χ4v) is 1.12. The summed E-state index contributed by atoms with van der Waals surface area (Å²) in [5.41, 5.74) is 0.699. The molecule has 1 rings (SSSR count). The first kappa shape index (κ1) is 12.0. The van der Waals surface area contributed by atoms with Crippen molar-refractivity contribution in [1.29, 1.82) is 0 Å². The Balaban J connectivity index is 2.75. The van der Waals surface area contributed by atoms with Crippen molar-refractivity contribution in [2.45, 2.75) is 32.3 Å². The largest absolute Gasteiger partial charge is 0.456 e. The molecular weight excluding hydrogens is 214 g/mol. The Labute approximate surface area is 94.4 Å². The van der Waals surface area contributed by atoms with Gasteiger partial charge in [-0.2, -0.15) is 0 Å². The van der Waals surface area contributed by atoms with Crippen LogP contribution in [-0.4, -0.2) is 16.6 Å². The number of carbonyl (C=O) groups is 1. The predicted octanol–water partition coefficient (Wildman–Crippen LogP) is 2.78. The van der Waals surface area contributed by atoms with Crippen LogP contribution in [0, 0.1) is 0 Å². The fraction of sp³-hybridized carbons (Fsp3) is 0.455. The number of aromatic nitrogens is 1. The molecule has 0 fully saturated rings. The van der Waals surface area contributed by atoms with Gasteiger partial charge in [-0.25, -0.2) is 4.79 Å². The van der Waals surface area contributed by atoms with Crippen LogP contribution in [0.1, 0.15) is 36.8 Å². The number of hydrogen-bond acceptors (Lipinski definition) is 3. The van der Waals surface area contributed by atoms with Gasteiger partial charge in [0.1, 0.15) is 5.60 Å². The molecule has 0 spiro atoms. The van der Waals surface area contributed by atoms with Crippen molar-refractivity contribution in [2.75, 3.05) is 0 Å². The third-order valence-corrected chi connectivity index (χ3v) is 1.87. The Morgan fingerprint density at radius 1 is 1.47 bits per heavy atom. The topological polar surface area (TPSA) is 39.2 Å². The van der Waals surface area contributed by atoms with E-state index >= 15 is 0 Å². The first-order chi connectivity index (χ1) is 6.92. The van der Waals surface area contributed by atoms with Crippen molar-refractivity contribution in [1.82, 2.24) is 4.98 Å². The minimum absolute atomic E-state index is 0.342. The quantitative estimate of drug-likeness (QED) is 0.576. The van der Waals surface area contributed by atoms with E-state index in [0.29, 0.717) is 11.4 Å². The molecule has 4 heteroatoms. The standard InChI is InChI=1S/C11H14ClNO2/c1-11(2,3)15-10(14)8-4-5-9(6-12)13-7-8/h4-5,7H,6H2,1-3H3. The smallest absolute Gasteiger partial charge is 0.340 e. The molecule has 0 atom stereocenters. The third-order valence-electron chi connectivity index (χ3n) is 1.60. The molecule has 0 saturated carbocycles. The molecule has 0 aliphatic heterocycles. The van der Waals surface area contributed by atoms with Crippen molar-refractivity contribution < 1.29 is 9.53 Å². The molecule has 0 amide bonds. The Morgan fingerprint density at radius 3 is 2.53 bits per heavy atom. The molecule has 0 aliphatic rings. The number of rotatable bonds is 2. The molecule has 0 radical (unpaired) electrons. The maximum atomic E-state index is 11.6. The van der Waals surface area contributed by atoms with Gasteiger partial charge in [0, 0.05) is 6.20 Å². The first-order valence-electron chi connectivity index (χ1n) is 4.66. The van der Waals surface area contributed by atoms with Gasteiger partial charge in [-0.1, -0.05) is 0 Å². The van der Waals surface area contributed by atoms with E-state index in [2.05, 4.69) is 4.98 Å². The molecule has 15 heavy (non-hydrogen) atoms. The van der Waals surface area contributed by atoms with Crippen LogP contribution in [0.5, 0.6) is 0 Å². The van der Waals surface area contributed by atoms with Crippen molar-refractivity contribution >= 4 is 17.6 Å². The first-order valence-corrected chi connectivity index (χ1v) is 5.20. The van der Waals surface area contributed by atoms with Gasteiger partial charge in [-0.05, 0) is 32.9 Å². The summed E-state index contributed by atoms with van der Waals surface area (Å²) < 4.78 is 5.19. The fourth-order valence-electron chi connectivity index (χ4n) is 0.961. The van der Waals surface area contributed by atoms with Gasteiger partial charge in [0.15, 0.2) is 0 Å². The van der Waals surface area contributed by atoms with Crippen LogP contribution in [0.2, 0.25) is 0 Å². The summed E-state index contributed by atoms with van der Waals surface area (Å²) in [5.74, 6) is -0.0228. The van der Waals surface area contributed by atoms with Crippen LogP contribution in [0.25, 0.3) is 0 Å². The maximum absolute atomic E-state index is 11.6. The summed E-state index contributed by atoms with van der Waals surface area (Å²) in [6.07, 6.45) is 1.48. The van der Waals surface area contributed by atoms with Gasteiger partial charge in [-0.15, -0.1) is 11.6 Å². The molecule has 0 aromatic carbocycles. The highest BCUT2D eigenvalue weighted by Crippen LogP contribution is 2.12. The number of esters is 1. The van der Waals surface area contributed by atoms with Gasteiger partial charge < -0.3 is 4.74 Å². The van der Waals surface area contributed by atoms with E-state index in [4.69, 9.17) is 16.3 Å². The molecule has 0 saturated heterocycles. The number of nitrogens with zero attached hydrogens (tertiary/aromatic N) is 1. The molecule has 0 N–H and O–H groups in total. The van der Waals surface area contributed by atoms with Crippen molar-refractivity contribution in [3.05, 3.63) is 29.6 Å². The van der Waals surface area contributed by atoms with Crippen LogP contribution in [0.15, 0.2) is 18.3 Å². The lowest BCUT2D eigenvalue weighted by molar-refractivity contribution is 0.00691. The van der Waals surface area contributed by atoms with Crippen LogP contribution in [-0.2, 0) is 10.6 Å². The third kappa shape index (κ3) is 3.88. The number of pyridine rings is 1. The zero-order chi connectivity index (χ0) is 11.5. The molecule has 1 heterocycles. The maximum Gasteiger partial charge on any atom is 0.340 e. The second kappa shape index (κ2) is 4.62. The summed E-state index contributed by atoms with van der Waals surface area (Å²) in [7, 11) is 0. The summed E-state index contributed by atoms with van der Waals surface area (Å²) in [6, 6.07) is 3.38. The summed E-state index contributed by atoms with van der Waals surface area (Å²) in [6.45, 7) is 5.47. The summed E-state index contributed by atoms with van der Waals surface area (Å²) >= 11 is 5.59. The van der Waals surface area contributed by atoms with Gasteiger partial charge in [0.2, 0.25) is 0 Å². The number of hydrogen-bond donors (Lipinski definition) is 0. The lowest BCUT2D eigenvalue weighted by atomic mass is 10.2. The molecule has 3 nitrogen and oxygen atoms in total. The average Bonchev–Trinajstić information content (AvgIpc) is 2.15. The molecule has 82 valence electrons. The zero-order valence-corrected chi connectivity index (χ0v) is 9.84. The Hall–Kier alpha value is -1.09. The highest BCUT2D eigenvalue weighted by Gasteiger charge is 2.17. The van der Waals surface area contributed by atoms with Gasteiger partial charge in [-0.3, -0.25) is 4.98 Å². The van der Waals surface area contributed by atoms with Crippen LogP contribution in [0.4, 0.5) is 0 Å². The minimum Gasteiger partial charge on any atom is -0.456 e. The summed E-state index contributed by atoms with van der Waals surface area (Å²) in [4.78, 5) is 15.6. The van der Waals surface area contributed by atoms with E-state index in [1.807, 2.05) is 20.8 Å². The Morgan fingerprint density at radius 2 is 2.13 bits per heavy atom. The second-order valence-corrected chi connectivity index (χ2v) is 4.44. The van der Waals surface area contributed by atoms with Crippen molar-refractivity contribution in [2.24, 2.45) is 0 Å². The number of carbonyl (C=O) groups excluding carboxylic acids is 1. The van der Waals surface area contributed by atoms with Crippen LogP contribution in [0.3, 0.4) is 0 Å². The van der Waals surface area contributed by atoms with Crippen molar-refractivity contribution in [3.8, 4) is 0 Å². The molecular formula is C11H14ClNO2. The number of alkyl halides is 1. The minimum atomic E-state index is -0.484. The SMILES string of the molecule is CC(C)(C)OC(=O)c1ccc(CCl)nc1. The second-order valence-electron chi connectivity index (χ2n) is 4.17. The molecule has 1 aromatic heterocycles. The van der Waals surface area contributed by atoms with Gasteiger partial charge in [0.05, 0.1) is 17.1 Å². The van der Waals surface area contributed by atoms with Crippen LogP contribution >= 0.6 is 11.6 Å². The van der Waals surface area contributed by atoms with E-state index < -0.39 is 5.60 Å². The Bertz CT molecular complexity index is 341. The Kier molecular flexibility index (Phi) is 3.69. The van der Waals surface area contributed by atoms with E-state index in [1.54, 1.807) is 12.1 Å². The lowest BCUT2D eigenvalue weighted by Gasteiger charge is -2.19. The number of halogens is 1. The molecule has 0 unspecified atom stereocenters. The number of ether oxygens (including phenoxy) is 1. The van der Waals surface area contributed by atoms with Gasteiger partial charge in [0.25, 0.3) is 0 Å². The monoisotopic (exact) mass is 227 g/mol. The normalized spacial score (nSPS) is 11.2. The highest BCUT2D eigenvalue weighted by atomic mass is 35.5. The van der Waals surface area contributed by atoms with E-state index in [1.165, 1.54) is 6.20 Å². The van der Waals surface area contributed by atoms with E-state index in [-0.39, 0.29) is 5.97 Å². The molecule has 0 bridgehead atoms. The van der Waals surface area contributed by atoms with E-state index in [0.717, 1.165) is 5.69 Å². The molecule has 0 aliphatic carbocycles. The zero-order valence-electron chi connectivity index (χ0n) is 9.08. The highest BCUT2D eigenvalue weighted by molar-refractivity contribution is 6.16. The molecule has 1 aromatic rings. The lowest BCUT2D eigenvalue weighted by Crippen LogP contribution is -2.23. The van der Waals surface area contributed by atoms with Crippen LogP contribution < -0.4 is 0 Å². The van der Waals surface area contributed by atoms with Crippen molar-refractivity contribution in [3.63, 3.8) is 0 Å². The van der Waals surface area contributed by atoms with E-state index in [9.17, 15) is 4.79 Å².